The fourth-order valence-electron chi connectivity index (χ4n) is 2.51. The van der Waals surface area contributed by atoms with E-state index >= 15 is 0 Å². The minimum absolute atomic E-state index is 0.378. The Labute approximate surface area is 131 Å². The molecule has 5 heteroatoms. The molecule has 2 N–H and O–H groups in total. The summed E-state index contributed by atoms with van der Waals surface area (Å²) in [6, 6.07) is 2.63. The normalized spacial score (nSPS) is 11.5. The monoisotopic (exact) mass is 306 g/mol. The third-order valence-corrected chi connectivity index (χ3v) is 4.86. The molecule has 2 rings (SSSR count). The van der Waals surface area contributed by atoms with Gasteiger partial charge in [-0.3, -0.25) is 0 Å². The van der Waals surface area contributed by atoms with Crippen LogP contribution in [0.15, 0.2) is 6.07 Å². The van der Waals surface area contributed by atoms with Crippen LogP contribution in [0.5, 0.6) is 0 Å². The second kappa shape index (κ2) is 7.07. The average Bonchev–Trinajstić information content (AvgIpc) is 2.85. The Kier molecular flexibility index (Phi) is 5.39. The molecule has 0 aliphatic carbocycles. The number of fused-ring (bicyclic) bond motifs is 1. The first-order valence-electron chi connectivity index (χ1n) is 7.89. The highest BCUT2D eigenvalue weighted by atomic mass is 32.1. The van der Waals surface area contributed by atoms with Crippen LogP contribution in [0.2, 0.25) is 0 Å². The van der Waals surface area contributed by atoms with E-state index in [0.717, 1.165) is 29.0 Å². The lowest BCUT2D eigenvalue weighted by molar-refractivity contribution is 0.622. The van der Waals surface area contributed by atoms with Gasteiger partial charge in [0.05, 0.1) is 5.39 Å². The average molecular weight is 306 g/mol. The summed E-state index contributed by atoms with van der Waals surface area (Å²) in [6.07, 6.45) is 4.69. The number of unbranched alkanes of at least 4 members (excludes halogenated alkanes) is 2. The van der Waals surface area contributed by atoms with Crippen molar-refractivity contribution >= 4 is 33.3 Å². The van der Waals surface area contributed by atoms with Crippen LogP contribution in [-0.2, 0) is 6.42 Å². The first-order chi connectivity index (χ1) is 10.1. The Morgan fingerprint density at radius 2 is 2.00 bits per heavy atom. The van der Waals surface area contributed by atoms with Crippen LogP contribution in [0.1, 0.15) is 51.8 Å². The van der Waals surface area contributed by atoms with E-state index in [9.17, 15) is 0 Å². The minimum atomic E-state index is 0.378. The summed E-state index contributed by atoms with van der Waals surface area (Å²) >= 11 is 1.73. The molecule has 21 heavy (non-hydrogen) atoms. The third-order valence-electron chi connectivity index (χ3n) is 3.69. The maximum atomic E-state index is 5.93. The van der Waals surface area contributed by atoms with Crippen LogP contribution in [0.4, 0.5) is 11.8 Å². The lowest BCUT2D eigenvalue weighted by Gasteiger charge is -2.28. The Hall–Kier alpha value is -1.36. The number of thiophene rings is 1. The van der Waals surface area contributed by atoms with Gasteiger partial charge in [-0.1, -0.05) is 26.7 Å². The van der Waals surface area contributed by atoms with Gasteiger partial charge in [0, 0.05) is 17.5 Å². The van der Waals surface area contributed by atoms with Crippen molar-refractivity contribution in [3.8, 4) is 0 Å². The molecule has 0 unspecified atom stereocenters. The lowest BCUT2D eigenvalue weighted by atomic mass is 10.2. The van der Waals surface area contributed by atoms with Gasteiger partial charge in [-0.15, -0.1) is 11.3 Å². The summed E-state index contributed by atoms with van der Waals surface area (Å²) in [5.41, 5.74) is 5.93. The first-order valence-corrected chi connectivity index (χ1v) is 8.71. The molecule has 0 fully saturated rings. The van der Waals surface area contributed by atoms with Gasteiger partial charge in [-0.05, 0) is 32.8 Å². The molecule has 0 saturated carbocycles. The SMILES string of the molecule is CCCCCN(c1nc(N)nc2sc(CC)cc12)C(C)C. The Morgan fingerprint density at radius 3 is 2.62 bits per heavy atom. The summed E-state index contributed by atoms with van der Waals surface area (Å²) in [7, 11) is 0. The van der Waals surface area contributed by atoms with E-state index in [0.29, 0.717) is 12.0 Å². The topological polar surface area (TPSA) is 55.0 Å². The lowest BCUT2D eigenvalue weighted by Crippen LogP contribution is -2.32. The molecule has 0 saturated heterocycles. The molecular weight excluding hydrogens is 280 g/mol. The van der Waals surface area contributed by atoms with Crippen LogP contribution in [0.3, 0.4) is 0 Å². The molecule has 0 radical (unpaired) electrons. The molecule has 0 amide bonds. The molecule has 4 nitrogen and oxygen atoms in total. The van der Waals surface area contributed by atoms with Crippen molar-refractivity contribution in [3.05, 3.63) is 10.9 Å². The van der Waals surface area contributed by atoms with Crippen molar-refractivity contribution in [3.63, 3.8) is 0 Å². The van der Waals surface area contributed by atoms with Crippen LogP contribution in [0.25, 0.3) is 10.2 Å². The molecule has 2 heterocycles. The molecule has 0 bridgehead atoms. The maximum Gasteiger partial charge on any atom is 0.223 e. The fourth-order valence-corrected chi connectivity index (χ4v) is 3.48. The number of anilines is 2. The Balaban J connectivity index is 2.42. The van der Waals surface area contributed by atoms with E-state index in [4.69, 9.17) is 5.73 Å². The molecule has 116 valence electrons. The number of hydrogen-bond acceptors (Lipinski definition) is 5. The number of nitrogens with two attached hydrogens (primary N) is 1. The second-order valence-electron chi connectivity index (χ2n) is 5.68. The molecule has 0 atom stereocenters. The van der Waals surface area contributed by atoms with Gasteiger partial charge in [-0.25, -0.2) is 4.98 Å². The number of aryl methyl sites for hydroxylation is 1. The maximum absolute atomic E-state index is 5.93. The number of aromatic nitrogens is 2. The van der Waals surface area contributed by atoms with E-state index in [2.05, 4.69) is 48.6 Å². The summed E-state index contributed by atoms with van der Waals surface area (Å²) in [4.78, 5) is 13.7. The fraction of sp³-hybridized carbons (Fsp3) is 0.625. The molecule has 2 aromatic rings. The van der Waals surface area contributed by atoms with Crippen LogP contribution >= 0.6 is 11.3 Å². The van der Waals surface area contributed by atoms with Gasteiger partial charge in [-0.2, -0.15) is 4.98 Å². The highest BCUT2D eigenvalue weighted by molar-refractivity contribution is 7.18. The summed E-state index contributed by atoms with van der Waals surface area (Å²) < 4.78 is 0. The quantitative estimate of drug-likeness (QED) is 0.777. The van der Waals surface area contributed by atoms with Gasteiger partial charge in [0.2, 0.25) is 5.95 Å². The molecule has 0 aliphatic heterocycles. The predicted octanol–water partition coefficient (Wildman–Crippen LogP) is 4.24. The van der Waals surface area contributed by atoms with E-state index in [-0.39, 0.29) is 0 Å². The number of rotatable bonds is 7. The van der Waals surface area contributed by atoms with Crippen molar-refractivity contribution in [2.24, 2.45) is 0 Å². The smallest absolute Gasteiger partial charge is 0.223 e. The van der Waals surface area contributed by atoms with Gasteiger partial charge < -0.3 is 10.6 Å². The standard InChI is InChI=1S/C16H26N4S/c1-5-7-8-9-20(11(3)4)14-13-10-12(6-2)21-15(13)19-16(17)18-14/h10-11H,5-9H2,1-4H3,(H2,17,18,19). The molecular formula is C16H26N4S. The van der Waals surface area contributed by atoms with Crippen LogP contribution < -0.4 is 10.6 Å². The van der Waals surface area contributed by atoms with Gasteiger partial charge in [0.25, 0.3) is 0 Å². The summed E-state index contributed by atoms with van der Waals surface area (Å²) in [6.45, 7) is 9.84. The van der Waals surface area contributed by atoms with Crippen LogP contribution in [-0.4, -0.2) is 22.6 Å². The molecule has 2 aromatic heterocycles. The van der Waals surface area contributed by atoms with Crippen molar-refractivity contribution in [1.29, 1.82) is 0 Å². The highest BCUT2D eigenvalue weighted by Crippen LogP contribution is 2.32. The van der Waals surface area contributed by atoms with E-state index in [1.165, 1.54) is 24.1 Å². The molecule has 0 aromatic carbocycles. The molecule has 0 spiro atoms. The number of nitrogens with zero attached hydrogens (tertiary/aromatic N) is 3. The van der Waals surface area contributed by atoms with E-state index in [1.807, 2.05) is 0 Å². The molecule has 0 aliphatic rings. The second-order valence-corrected chi connectivity index (χ2v) is 6.80. The number of nitrogen functional groups attached to an aromatic ring is 1. The van der Waals surface area contributed by atoms with Gasteiger partial charge >= 0.3 is 0 Å². The zero-order valence-electron chi connectivity index (χ0n) is 13.5. The van der Waals surface area contributed by atoms with Gasteiger partial charge in [0.15, 0.2) is 0 Å². The Bertz CT molecular complexity index is 591. The van der Waals surface area contributed by atoms with Crippen molar-refractivity contribution in [1.82, 2.24) is 9.97 Å². The number of hydrogen-bond donors (Lipinski definition) is 1. The predicted molar refractivity (Wildman–Crippen MR) is 93.2 cm³/mol. The first kappa shape index (κ1) is 16.0. The largest absolute Gasteiger partial charge is 0.368 e. The third kappa shape index (κ3) is 3.64. The van der Waals surface area contributed by atoms with Crippen molar-refractivity contribution in [2.45, 2.75) is 59.4 Å². The highest BCUT2D eigenvalue weighted by Gasteiger charge is 2.18. The zero-order chi connectivity index (χ0) is 15.4. The zero-order valence-corrected chi connectivity index (χ0v) is 14.3. The van der Waals surface area contributed by atoms with Crippen LogP contribution in [0, 0.1) is 0 Å². The van der Waals surface area contributed by atoms with E-state index < -0.39 is 0 Å². The van der Waals surface area contributed by atoms with Gasteiger partial charge in [0.1, 0.15) is 10.6 Å². The van der Waals surface area contributed by atoms with Crippen molar-refractivity contribution in [2.75, 3.05) is 17.2 Å². The minimum Gasteiger partial charge on any atom is -0.368 e. The van der Waals surface area contributed by atoms with Crippen molar-refractivity contribution < 1.29 is 0 Å². The Morgan fingerprint density at radius 1 is 1.24 bits per heavy atom. The summed E-state index contributed by atoms with van der Waals surface area (Å²) in [5, 5.41) is 1.15. The summed E-state index contributed by atoms with van der Waals surface area (Å²) in [5.74, 6) is 1.38. The van der Waals surface area contributed by atoms with E-state index in [1.54, 1.807) is 11.3 Å².